The number of fused-ring (bicyclic) bond motifs is 1. The molecule has 1 aliphatic heterocycles. The lowest BCUT2D eigenvalue weighted by atomic mass is 10.0. The number of anilines is 1. The fourth-order valence-corrected chi connectivity index (χ4v) is 3.04. The molecular formula is C14H12Br2N2O2. The average Bonchev–Trinajstić information content (AvgIpc) is 2.85. The number of hydrogen-bond donors (Lipinski definition) is 1. The summed E-state index contributed by atoms with van der Waals surface area (Å²) in [6.07, 6.45) is 0. The summed E-state index contributed by atoms with van der Waals surface area (Å²) in [6, 6.07) is 9.73. The molecule has 1 N–H and O–H groups in total. The normalized spacial score (nSPS) is 15.8. The topological polar surface area (TPSA) is 45.5 Å². The first kappa shape index (κ1) is 13.7. The highest BCUT2D eigenvalue weighted by Crippen LogP contribution is 2.35. The van der Waals surface area contributed by atoms with Crippen LogP contribution in [0.15, 0.2) is 39.4 Å². The van der Waals surface area contributed by atoms with Gasteiger partial charge in [0.1, 0.15) is 5.76 Å². The summed E-state index contributed by atoms with van der Waals surface area (Å²) in [5.74, 6) is 0.838. The van der Waals surface area contributed by atoms with E-state index in [-0.39, 0.29) is 10.9 Å². The van der Waals surface area contributed by atoms with Crippen molar-refractivity contribution in [3.63, 3.8) is 0 Å². The van der Waals surface area contributed by atoms with E-state index < -0.39 is 0 Å². The second-order valence-electron chi connectivity index (χ2n) is 4.71. The number of furan rings is 1. The van der Waals surface area contributed by atoms with Crippen molar-refractivity contribution < 1.29 is 9.21 Å². The predicted molar refractivity (Wildman–Crippen MR) is 84.1 cm³/mol. The van der Waals surface area contributed by atoms with Crippen LogP contribution in [0.3, 0.4) is 0 Å². The van der Waals surface area contributed by atoms with Gasteiger partial charge in [-0.3, -0.25) is 0 Å². The molecule has 1 unspecified atom stereocenters. The molecule has 0 radical (unpaired) electrons. The van der Waals surface area contributed by atoms with Gasteiger partial charge >= 0.3 is 6.03 Å². The fourth-order valence-electron chi connectivity index (χ4n) is 2.19. The van der Waals surface area contributed by atoms with E-state index in [0.29, 0.717) is 11.2 Å². The molecule has 20 heavy (non-hydrogen) atoms. The van der Waals surface area contributed by atoms with E-state index in [2.05, 4.69) is 43.2 Å². The Kier molecular flexibility index (Phi) is 3.60. The van der Waals surface area contributed by atoms with Crippen LogP contribution in [0, 0.1) is 0 Å². The molecule has 2 aromatic rings. The Morgan fingerprint density at radius 2 is 2.15 bits per heavy atom. The Hall–Kier alpha value is -1.27. The number of amides is 2. The maximum Gasteiger partial charge on any atom is 0.321 e. The summed E-state index contributed by atoms with van der Waals surface area (Å²) in [5, 5.41) is 2.86. The molecule has 1 aromatic carbocycles. The molecule has 2 heterocycles. The van der Waals surface area contributed by atoms with Crippen molar-refractivity contribution >= 4 is 43.6 Å². The largest absolute Gasteiger partial charge is 0.453 e. The SMILES string of the molecule is CN1Cc2cc(C(Br)c3ccc(Br)o3)ccc2NC1=O. The van der Waals surface area contributed by atoms with E-state index in [9.17, 15) is 4.79 Å². The van der Waals surface area contributed by atoms with Gasteiger partial charge in [0, 0.05) is 19.3 Å². The lowest BCUT2D eigenvalue weighted by Gasteiger charge is -2.26. The number of rotatable bonds is 2. The minimum absolute atomic E-state index is 0.0120. The van der Waals surface area contributed by atoms with Crippen LogP contribution in [-0.2, 0) is 6.54 Å². The molecule has 1 aliphatic rings. The molecule has 0 bridgehead atoms. The third-order valence-electron chi connectivity index (χ3n) is 3.26. The highest BCUT2D eigenvalue weighted by molar-refractivity contribution is 9.10. The van der Waals surface area contributed by atoms with E-state index in [1.807, 2.05) is 24.3 Å². The molecule has 1 aromatic heterocycles. The van der Waals surface area contributed by atoms with Gasteiger partial charge in [0.05, 0.1) is 4.83 Å². The number of halogens is 2. The number of nitrogens with zero attached hydrogens (tertiary/aromatic N) is 1. The quantitative estimate of drug-likeness (QED) is 0.755. The number of benzene rings is 1. The molecule has 4 nitrogen and oxygen atoms in total. The van der Waals surface area contributed by atoms with Crippen molar-refractivity contribution in [2.45, 2.75) is 11.4 Å². The Morgan fingerprint density at radius 3 is 2.85 bits per heavy atom. The molecule has 2 amide bonds. The lowest BCUT2D eigenvalue weighted by molar-refractivity contribution is 0.218. The monoisotopic (exact) mass is 398 g/mol. The van der Waals surface area contributed by atoms with E-state index in [4.69, 9.17) is 4.42 Å². The van der Waals surface area contributed by atoms with Crippen LogP contribution in [0.2, 0.25) is 0 Å². The average molecular weight is 400 g/mol. The van der Waals surface area contributed by atoms with Crippen LogP contribution in [0.4, 0.5) is 10.5 Å². The van der Waals surface area contributed by atoms with Crippen molar-refractivity contribution in [3.05, 3.63) is 51.9 Å². The first-order chi connectivity index (χ1) is 9.54. The Balaban J connectivity index is 1.92. The molecule has 104 valence electrons. The molecule has 0 aliphatic carbocycles. The van der Waals surface area contributed by atoms with Gasteiger partial charge in [-0.15, -0.1) is 0 Å². The maximum atomic E-state index is 11.6. The molecule has 0 fully saturated rings. The first-order valence-corrected chi connectivity index (χ1v) is 7.79. The van der Waals surface area contributed by atoms with Gasteiger partial charge in [-0.05, 0) is 45.3 Å². The highest BCUT2D eigenvalue weighted by Gasteiger charge is 2.21. The zero-order valence-electron chi connectivity index (χ0n) is 10.7. The van der Waals surface area contributed by atoms with E-state index in [1.165, 1.54) is 0 Å². The van der Waals surface area contributed by atoms with Gasteiger partial charge < -0.3 is 14.6 Å². The van der Waals surface area contributed by atoms with Gasteiger partial charge in [-0.25, -0.2) is 4.79 Å². The fraction of sp³-hybridized carbons (Fsp3) is 0.214. The van der Waals surface area contributed by atoms with Gasteiger partial charge in [0.15, 0.2) is 4.67 Å². The van der Waals surface area contributed by atoms with Crippen LogP contribution in [-0.4, -0.2) is 18.0 Å². The summed E-state index contributed by atoms with van der Waals surface area (Å²) < 4.78 is 6.28. The van der Waals surface area contributed by atoms with Gasteiger partial charge in [0.2, 0.25) is 0 Å². The van der Waals surface area contributed by atoms with Crippen molar-refractivity contribution in [1.29, 1.82) is 0 Å². The molecule has 1 atom stereocenters. The second-order valence-corrected chi connectivity index (χ2v) is 6.40. The summed E-state index contributed by atoms with van der Waals surface area (Å²) in [4.78, 5) is 13.2. The number of hydrogen-bond acceptors (Lipinski definition) is 2. The highest BCUT2D eigenvalue weighted by atomic mass is 79.9. The molecule has 3 rings (SSSR count). The lowest BCUT2D eigenvalue weighted by Crippen LogP contribution is -2.35. The van der Waals surface area contributed by atoms with Crippen LogP contribution < -0.4 is 5.32 Å². The Morgan fingerprint density at radius 1 is 1.35 bits per heavy atom. The molecule has 0 saturated carbocycles. The first-order valence-electron chi connectivity index (χ1n) is 6.09. The van der Waals surface area contributed by atoms with Crippen molar-refractivity contribution in [2.75, 3.05) is 12.4 Å². The standard InChI is InChI=1S/C14H12Br2N2O2/c1-18-7-9-6-8(2-3-10(9)17-14(18)19)13(16)11-4-5-12(15)20-11/h2-6,13H,7H2,1H3,(H,17,19). The number of alkyl halides is 1. The van der Waals surface area contributed by atoms with E-state index in [0.717, 1.165) is 22.6 Å². The summed E-state index contributed by atoms with van der Waals surface area (Å²) in [6.45, 7) is 0.608. The minimum Gasteiger partial charge on any atom is -0.453 e. The number of urea groups is 1. The van der Waals surface area contributed by atoms with E-state index in [1.54, 1.807) is 11.9 Å². The molecule has 0 spiro atoms. The smallest absolute Gasteiger partial charge is 0.321 e. The predicted octanol–water partition coefficient (Wildman–Crippen LogP) is 4.50. The summed E-state index contributed by atoms with van der Waals surface area (Å²) in [7, 11) is 1.78. The van der Waals surface area contributed by atoms with Gasteiger partial charge in [-0.1, -0.05) is 28.1 Å². The van der Waals surface area contributed by atoms with Crippen molar-refractivity contribution in [2.24, 2.45) is 0 Å². The van der Waals surface area contributed by atoms with Gasteiger partial charge in [0.25, 0.3) is 0 Å². The van der Waals surface area contributed by atoms with E-state index >= 15 is 0 Å². The third-order valence-corrected chi connectivity index (χ3v) is 4.67. The zero-order valence-corrected chi connectivity index (χ0v) is 13.9. The number of carbonyl (C=O) groups is 1. The van der Waals surface area contributed by atoms with Gasteiger partial charge in [-0.2, -0.15) is 0 Å². The number of carbonyl (C=O) groups excluding carboxylic acids is 1. The minimum atomic E-state index is -0.0735. The molecule has 6 heteroatoms. The molecule has 0 saturated heterocycles. The summed E-state index contributed by atoms with van der Waals surface area (Å²) >= 11 is 6.95. The van der Waals surface area contributed by atoms with Crippen LogP contribution >= 0.6 is 31.9 Å². The Bertz CT molecular complexity index is 669. The van der Waals surface area contributed by atoms with Crippen molar-refractivity contribution in [1.82, 2.24) is 4.90 Å². The number of nitrogens with one attached hydrogen (secondary N) is 1. The third kappa shape index (κ3) is 2.50. The maximum absolute atomic E-state index is 11.6. The van der Waals surface area contributed by atoms with Crippen LogP contribution in [0.1, 0.15) is 21.7 Å². The second kappa shape index (κ2) is 5.26. The molecular weight excluding hydrogens is 388 g/mol. The Labute approximate surface area is 133 Å². The van der Waals surface area contributed by atoms with Crippen molar-refractivity contribution in [3.8, 4) is 0 Å². The van der Waals surface area contributed by atoms with Crippen LogP contribution in [0.5, 0.6) is 0 Å². The summed E-state index contributed by atoms with van der Waals surface area (Å²) in [5.41, 5.74) is 3.06. The van der Waals surface area contributed by atoms with Crippen LogP contribution in [0.25, 0.3) is 0 Å². The zero-order chi connectivity index (χ0) is 14.3.